The number of hydrazine groups is 1. The number of cyclic esters (lactones) is 1. The molecule has 4 aromatic rings. The van der Waals surface area contributed by atoms with Crippen molar-refractivity contribution in [2.45, 2.75) is 118 Å². The van der Waals surface area contributed by atoms with Crippen molar-refractivity contribution in [2.24, 2.45) is 17.3 Å². The Morgan fingerprint density at radius 3 is 2.53 bits per heavy atom. The van der Waals surface area contributed by atoms with Gasteiger partial charge in [0.15, 0.2) is 0 Å². The Morgan fingerprint density at radius 2 is 1.82 bits per heavy atom. The van der Waals surface area contributed by atoms with E-state index in [4.69, 9.17) is 14.5 Å². The fourth-order valence-electron chi connectivity index (χ4n) is 10.2. The number of carbonyl (C=O) groups excluding carboxylic acids is 4. The molecule has 2 fully saturated rings. The third-order valence-electron chi connectivity index (χ3n) is 13.7. The van der Waals surface area contributed by atoms with Crippen LogP contribution in [0.1, 0.15) is 97.1 Å². The van der Waals surface area contributed by atoms with E-state index < -0.39 is 57.3 Å². The van der Waals surface area contributed by atoms with Gasteiger partial charge in [-0.05, 0) is 111 Å². The molecule has 1 unspecified atom stereocenters. The number of aromatic nitrogens is 2. The summed E-state index contributed by atoms with van der Waals surface area (Å²) >= 11 is 0. The lowest BCUT2D eigenvalue weighted by atomic mass is 9.84. The van der Waals surface area contributed by atoms with E-state index in [2.05, 4.69) is 54.3 Å². The van der Waals surface area contributed by atoms with E-state index in [1.807, 2.05) is 39.0 Å². The molecule has 0 radical (unpaired) electrons. The molecule has 3 amide bonds. The van der Waals surface area contributed by atoms with E-state index in [-0.39, 0.29) is 62.1 Å². The number of phenolic OH excluding ortho intramolecular Hbond substituents is 1. The molecule has 2 saturated heterocycles. The molecule has 16 nitrogen and oxygen atoms in total. The van der Waals surface area contributed by atoms with E-state index in [1.165, 1.54) is 14.2 Å². The Kier molecular flexibility index (Phi) is 15.4. The van der Waals surface area contributed by atoms with Crippen LogP contribution in [-0.2, 0) is 58.1 Å². The summed E-state index contributed by atoms with van der Waals surface area (Å²) in [6.07, 6.45) is 3.69. The van der Waals surface area contributed by atoms with E-state index in [9.17, 15) is 32.7 Å². The van der Waals surface area contributed by atoms with Gasteiger partial charge in [0, 0.05) is 74.8 Å². The van der Waals surface area contributed by atoms with Crippen LogP contribution in [-0.4, -0.2) is 125 Å². The van der Waals surface area contributed by atoms with Gasteiger partial charge in [-0.1, -0.05) is 46.8 Å². The number of aryl methyl sites for hydroxylation is 1. The number of hydrogen-bond donors (Lipinski definition) is 3. The summed E-state index contributed by atoms with van der Waals surface area (Å²) in [5.74, 6) is -2.95. The number of pyridine rings is 1. The van der Waals surface area contributed by atoms with Crippen LogP contribution in [0.2, 0.25) is 0 Å². The molecular formula is C51H69N7O9S. The number of rotatable bonds is 12. The molecule has 5 atom stereocenters. The SMILES string of the molecule is CCCS(=O)(=O)N1CC[C@H](C(=O)N(C)C(C(=O)N[C@H]2Cc3cc(O)cc(c3)-c3ccc4c(c3)c(c(-c3cccnc3[C@H](C)OC)n4CC)CC(C)(C)COC(=O)[C@@H]3CCCN(N3)C2=O)C(C)C)C1. The van der Waals surface area contributed by atoms with Gasteiger partial charge in [-0.25, -0.2) is 18.1 Å². The molecule has 3 aliphatic heterocycles. The third-order valence-corrected chi connectivity index (χ3v) is 15.7. The van der Waals surface area contributed by atoms with Gasteiger partial charge in [0.2, 0.25) is 21.8 Å². The number of likely N-dealkylation sites (N-methyl/N-ethyl adjacent to an activating group) is 1. The van der Waals surface area contributed by atoms with E-state index >= 15 is 0 Å². The molecule has 7 rings (SSSR count). The highest BCUT2D eigenvalue weighted by molar-refractivity contribution is 7.89. The van der Waals surface area contributed by atoms with E-state index in [0.29, 0.717) is 49.8 Å². The highest BCUT2D eigenvalue weighted by atomic mass is 32.2. The van der Waals surface area contributed by atoms with Crippen LogP contribution in [0.4, 0.5) is 0 Å². The van der Waals surface area contributed by atoms with Crippen LogP contribution in [0, 0.1) is 17.3 Å². The van der Waals surface area contributed by atoms with Crippen LogP contribution >= 0.6 is 0 Å². The summed E-state index contributed by atoms with van der Waals surface area (Å²) in [4.78, 5) is 63.4. The Labute approximate surface area is 400 Å². The molecule has 2 aromatic carbocycles. The van der Waals surface area contributed by atoms with Gasteiger partial charge < -0.3 is 29.4 Å². The number of nitrogens with zero attached hydrogens (tertiary/aromatic N) is 5. The molecule has 17 heteroatoms. The van der Waals surface area contributed by atoms with Crippen molar-refractivity contribution in [1.82, 2.24) is 34.5 Å². The summed E-state index contributed by atoms with van der Waals surface area (Å²) < 4.78 is 41.3. The maximum Gasteiger partial charge on any atom is 0.324 e. The van der Waals surface area contributed by atoms with Gasteiger partial charge in [-0.15, -0.1) is 0 Å². The molecule has 0 saturated carbocycles. The molecule has 6 bridgehead atoms. The minimum Gasteiger partial charge on any atom is -0.508 e. The zero-order chi connectivity index (χ0) is 49.2. The largest absolute Gasteiger partial charge is 0.508 e. The van der Waals surface area contributed by atoms with Gasteiger partial charge in [0.25, 0.3) is 5.91 Å². The minimum atomic E-state index is -3.51. The van der Waals surface area contributed by atoms with Gasteiger partial charge in [-0.3, -0.25) is 29.2 Å². The second-order valence-electron chi connectivity index (χ2n) is 19.8. The zero-order valence-electron chi connectivity index (χ0n) is 41.0. The number of benzene rings is 2. The first-order valence-electron chi connectivity index (χ1n) is 24.0. The molecular weight excluding hydrogens is 887 g/mol. The monoisotopic (exact) mass is 955 g/mol. The Balaban J connectivity index is 1.29. The predicted molar refractivity (Wildman–Crippen MR) is 260 cm³/mol. The average Bonchev–Trinajstić information content (AvgIpc) is 3.93. The van der Waals surface area contributed by atoms with Gasteiger partial charge in [0.1, 0.15) is 23.9 Å². The smallest absolute Gasteiger partial charge is 0.324 e. The number of aromatic hydroxyl groups is 1. The van der Waals surface area contributed by atoms with E-state index in [0.717, 1.165) is 39.0 Å². The maximum atomic E-state index is 14.7. The maximum absolute atomic E-state index is 14.7. The van der Waals surface area contributed by atoms with Crippen LogP contribution in [0.5, 0.6) is 5.75 Å². The predicted octanol–water partition coefficient (Wildman–Crippen LogP) is 6.00. The summed E-state index contributed by atoms with van der Waals surface area (Å²) in [5.41, 5.74) is 9.43. The van der Waals surface area contributed by atoms with Crippen molar-refractivity contribution in [3.63, 3.8) is 0 Å². The van der Waals surface area contributed by atoms with Gasteiger partial charge in [0.05, 0.1) is 35.8 Å². The summed E-state index contributed by atoms with van der Waals surface area (Å²) in [6, 6.07) is 12.3. The second kappa shape index (κ2) is 20.7. The first-order valence-corrected chi connectivity index (χ1v) is 25.6. The standard InChI is InChI=1S/C51H69N7O9S/c1-10-22-68(64,65)56-21-18-35(29-56)48(61)55(8)45(31(3)4)47(60)53-42-25-33-23-36(26-37(59)24-33)34-16-17-43-39(27-34)40(46(57(43)11-2)38-14-12-19-52-44(38)32(5)66-9)28-51(6,7)30-67-50(63)41-15-13-20-58(54-41)49(42)62/h12,14,16-17,19,23-24,26-27,31-32,35,41-42,45,54,59H,10-11,13,15,18,20-22,25,28-30H2,1-9H3,(H,53,60)/t32-,35-,41-,42-,45?/m0/s1. The fraction of sp³-hybridized carbons (Fsp3) is 0.549. The van der Waals surface area contributed by atoms with Gasteiger partial charge in [-0.2, -0.15) is 0 Å². The lowest BCUT2D eigenvalue weighted by Crippen LogP contribution is -2.62. The number of nitrogens with one attached hydrogen (secondary N) is 2. The molecule has 3 N–H and O–H groups in total. The molecule has 0 aliphatic carbocycles. The summed E-state index contributed by atoms with van der Waals surface area (Å²) in [7, 11) is -0.298. The minimum absolute atomic E-state index is 0.00430. The lowest BCUT2D eigenvalue weighted by molar-refractivity contribution is -0.155. The molecule has 68 heavy (non-hydrogen) atoms. The van der Waals surface area contributed by atoms with Gasteiger partial charge >= 0.3 is 5.97 Å². The third kappa shape index (κ3) is 10.6. The first-order chi connectivity index (χ1) is 32.3. The van der Waals surface area contributed by atoms with Crippen molar-refractivity contribution in [3.8, 4) is 28.1 Å². The highest BCUT2D eigenvalue weighted by Gasteiger charge is 2.41. The van der Waals surface area contributed by atoms with Crippen molar-refractivity contribution < 1.29 is 42.2 Å². The number of hydrogen-bond acceptors (Lipinski definition) is 11. The van der Waals surface area contributed by atoms with E-state index in [1.54, 1.807) is 39.4 Å². The number of amides is 3. The highest BCUT2D eigenvalue weighted by Crippen LogP contribution is 2.42. The van der Waals surface area contributed by atoms with Crippen LogP contribution in [0.15, 0.2) is 54.7 Å². The Bertz CT molecular complexity index is 2650. The number of fused-ring (bicyclic) bond motifs is 6. The Hall–Kier alpha value is -5.36. The first kappa shape index (κ1) is 50.5. The number of esters is 1. The topological polar surface area (TPSA) is 193 Å². The molecule has 2 aromatic heterocycles. The van der Waals surface area contributed by atoms with Crippen molar-refractivity contribution in [3.05, 3.63) is 71.5 Å². The summed E-state index contributed by atoms with van der Waals surface area (Å²) in [5, 5.41) is 16.7. The number of phenols is 1. The average molecular weight is 956 g/mol. The normalized spacial score (nSPS) is 21.3. The van der Waals surface area contributed by atoms with Crippen molar-refractivity contribution >= 4 is 44.6 Å². The zero-order valence-corrected chi connectivity index (χ0v) is 41.8. The van der Waals surface area contributed by atoms with Crippen LogP contribution in [0.3, 0.4) is 0 Å². The van der Waals surface area contributed by atoms with Crippen LogP contribution in [0.25, 0.3) is 33.3 Å². The number of ether oxygens (including phenoxy) is 2. The number of sulfonamides is 1. The number of methoxy groups -OCH3 is 1. The molecule has 3 aliphatic rings. The number of carbonyl (C=O) groups is 4. The molecule has 368 valence electrons. The fourth-order valence-corrected chi connectivity index (χ4v) is 11.8. The molecule has 0 spiro atoms. The van der Waals surface area contributed by atoms with Crippen molar-refractivity contribution in [1.29, 1.82) is 0 Å². The van der Waals surface area contributed by atoms with Crippen LogP contribution < -0.4 is 10.7 Å². The van der Waals surface area contributed by atoms with Crippen molar-refractivity contribution in [2.75, 3.05) is 46.2 Å². The molecule has 5 heterocycles. The Morgan fingerprint density at radius 1 is 1.06 bits per heavy atom. The summed E-state index contributed by atoms with van der Waals surface area (Å²) in [6.45, 7) is 14.9. The quantitative estimate of drug-likeness (QED) is 0.141. The second-order valence-corrected chi connectivity index (χ2v) is 21.9. The lowest BCUT2D eigenvalue weighted by Gasteiger charge is -2.37.